The molecule has 1 saturated heterocycles. The van der Waals surface area contributed by atoms with Crippen molar-refractivity contribution in [1.82, 2.24) is 10.2 Å². The number of ether oxygens (including phenoxy) is 3. The van der Waals surface area contributed by atoms with Gasteiger partial charge in [0.2, 0.25) is 0 Å². The third kappa shape index (κ3) is 5.12. The molecule has 1 aliphatic rings. The Morgan fingerprint density at radius 2 is 2.09 bits per heavy atom. The van der Waals surface area contributed by atoms with Gasteiger partial charge in [-0.3, -0.25) is 4.90 Å². The number of benzene rings is 1. The normalized spacial score (nSPS) is 15.8. The molecule has 1 heterocycles. The molecule has 1 aromatic carbocycles. The van der Waals surface area contributed by atoms with E-state index in [1.165, 1.54) is 5.56 Å². The molecule has 22 heavy (non-hydrogen) atoms. The van der Waals surface area contributed by atoms with Gasteiger partial charge in [-0.25, -0.2) is 0 Å². The lowest BCUT2D eigenvalue weighted by atomic mass is 10.2. The van der Waals surface area contributed by atoms with Crippen molar-refractivity contribution in [3.8, 4) is 11.5 Å². The van der Waals surface area contributed by atoms with Crippen LogP contribution in [0.15, 0.2) is 16.6 Å². The molecule has 1 aromatic rings. The second kappa shape index (κ2) is 9.35. The molecule has 124 valence electrons. The fourth-order valence-electron chi connectivity index (χ4n) is 2.48. The molecular formula is C16H25BrN2O3. The van der Waals surface area contributed by atoms with Crippen molar-refractivity contribution in [3.05, 3.63) is 22.2 Å². The minimum atomic E-state index is 0.622. The van der Waals surface area contributed by atoms with E-state index in [1.807, 2.05) is 13.0 Å². The Kier molecular flexibility index (Phi) is 7.45. The second-order valence-corrected chi connectivity index (χ2v) is 6.03. The lowest BCUT2D eigenvalue weighted by Gasteiger charge is -2.26. The first-order chi connectivity index (χ1) is 10.7. The van der Waals surface area contributed by atoms with E-state index < -0.39 is 0 Å². The van der Waals surface area contributed by atoms with Crippen LogP contribution in [-0.4, -0.2) is 58.0 Å². The highest BCUT2D eigenvalue weighted by atomic mass is 79.9. The number of morpholine rings is 1. The highest BCUT2D eigenvalue weighted by Crippen LogP contribution is 2.36. The molecule has 0 atom stereocenters. The average Bonchev–Trinajstić information content (AvgIpc) is 2.53. The van der Waals surface area contributed by atoms with E-state index >= 15 is 0 Å². The Balaban J connectivity index is 1.84. The zero-order chi connectivity index (χ0) is 15.8. The number of nitrogens with zero attached hydrogens (tertiary/aromatic N) is 1. The number of methoxy groups -OCH3 is 1. The molecule has 0 aliphatic carbocycles. The fourth-order valence-corrected chi connectivity index (χ4v) is 3.13. The van der Waals surface area contributed by atoms with Crippen LogP contribution in [-0.2, 0) is 11.3 Å². The van der Waals surface area contributed by atoms with Crippen LogP contribution in [0.1, 0.15) is 12.5 Å². The molecular weight excluding hydrogens is 348 g/mol. The number of hydrogen-bond acceptors (Lipinski definition) is 5. The summed E-state index contributed by atoms with van der Waals surface area (Å²) >= 11 is 3.54. The lowest BCUT2D eigenvalue weighted by Crippen LogP contribution is -2.40. The Morgan fingerprint density at radius 1 is 1.32 bits per heavy atom. The molecule has 0 amide bonds. The lowest BCUT2D eigenvalue weighted by molar-refractivity contribution is 0.0384. The quantitative estimate of drug-likeness (QED) is 0.709. The van der Waals surface area contributed by atoms with Gasteiger partial charge in [-0.1, -0.05) is 0 Å². The highest BCUT2D eigenvalue weighted by Gasteiger charge is 2.12. The van der Waals surface area contributed by atoms with Crippen LogP contribution in [0.25, 0.3) is 0 Å². The maximum Gasteiger partial charge on any atom is 0.174 e. The standard InChI is InChI=1S/C16H25BrN2O3/c1-3-22-15-11-13(10-14(17)16(15)20-2)12-18-4-5-19-6-8-21-9-7-19/h10-11,18H,3-9,12H2,1-2H3. The van der Waals surface area contributed by atoms with Crippen LogP contribution in [0.2, 0.25) is 0 Å². The summed E-state index contributed by atoms with van der Waals surface area (Å²) in [7, 11) is 1.66. The van der Waals surface area contributed by atoms with Gasteiger partial charge in [0, 0.05) is 32.7 Å². The zero-order valence-electron chi connectivity index (χ0n) is 13.4. The number of hydrogen-bond donors (Lipinski definition) is 1. The van der Waals surface area contributed by atoms with Gasteiger partial charge in [0.1, 0.15) is 0 Å². The van der Waals surface area contributed by atoms with Crippen LogP contribution >= 0.6 is 15.9 Å². The van der Waals surface area contributed by atoms with Gasteiger partial charge in [-0.15, -0.1) is 0 Å². The molecule has 5 nitrogen and oxygen atoms in total. The first-order valence-electron chi connectivity index (χ1n) is 7.74. The summed E-state index contributed by atoms with van der Waals surface area (Å²) in [5.74, 6) is 1.53. The Morgan fingerprint density at radius 3 is 2.77 bits per heavy atom. The Bertz CT molecular complexity index is 465. The topological polar surface area (TPSA) is 43.0 Å². The van der Waals surface area contributed by atoms with Crippen molar-refractivity contribution in [3.63, 3.8) is 0 Å². The second-order valence-electron chi connectivity index (χ2n) is 5.17. The first kappa shape index (κ1) is 17.5. The molecule has 1 fully saturated rings. The summed E-state index contributed by atoms with van der Waals surface area (Å²) in [6.07, 6.45) is 0. The molecule has 2 rings (SSSR count). The molecule has 0 bridgehead atoms. The van der Waals surface area contributed by atoms with Crippen molar-refractivity contribution in [2.24, 2.45) is 0 Å². The molecule has 0 aromatic heterocycles. The van der Waals surface area contributed by atoms with E-state index in [9.17, 15) is 0 Å². The van der Waals surface area contributed by atoms with Crippen molar-refractivity contribution < 1.29 is 14.2 Å². The van der Waals surface area contributed by atoms with Crippen LogP contribution in [0.3, 0.4) is 0 Å². The monoisotopic (exact) mass is 372 g/mol. The predicted octanol–water partition coefficient (Wildman–Crippen LogP) is 2.28. The SMILES string of the molecule is CCOc1cc(CNCCN2CCOCC2)cc(Br)c1OC. The highest BCUT2D eigenvalue weighted by molar-refractivity contribution is 9.10. The average molecular weight is 373 g/mol. The molecule has 0 unspecified atom stereocenters. The molecule has 0 saturated carbocycles. The largest absolute Gasteiger partial charge is 0.492 e. The van der Waals surface area contributed by atoms with Crippen molar-refractivity contribution >= 4 is 15.9 Å². The molecule has 0 spiro atoms. The number of halogens is 1. The van der Waals surface area contributed by atoms with Gasteiger partial charge in [-0.05, 0) is 40.5 Å². The molecule has 0 radical (unpaired) electrons. The summed E-state index contributed by atoms with van der Waals surface area (Å²) < 4.78 is 17.3. The van der Waals surface area contributed by atoms with E-state index in [4.69, 9.17) is 14.2 Å². The van der Waals surface area contributed by atoms with Gasteiger partial charge in [-0.2, -0.15) is 0 Å². The van der Waals surface area contributed by atoms with Crippen LogP contribution in [0, 0.1) is 0 Å². The van der Waals surface area contributed by atoms with Crippen LogP contribution in [0.4, 0.5) is 0 Å². The summed E-state index contributed by atoms with van der Waals surface area (Å²) in [5.41, 5.74) is 1.18. The fraction of sp³-hybridized carbons (Fsp3) is 0.625. The van der Waals surface area contributed by atoms with Gasteiger partial charge in [0.25, 0.3) is 0 Å². The maximum atomic E-state index is 5.65. The minimum absolute atomic E-state index is 0.622. The summed E-state index contributed by atoms with van der Waals surface area (Å²) in [6.45, 7) is 9.19. The van der Waals surface area contributed by atoms with E-state index in [2.05, 4.69) is 32.2 Å². The maximum absolute atomic E-state index is 5.65. The summed E-state index contributed by atoms with van der Waals surface area (Å²) in [4.78, 5) is 2.42. The van der Waals surface area contributed by atoms with E-state index in [-0.39, 0.29) is 0 Å². The zero-order valence-corrected chi connectivity index (χ0v) is 14.9. The van der Waals surface area contributed by atoms with E-state index in [0.29, 0.717) is 6.61 Å². The van der Waals surface area contributed by atoms with Gasteiger partial charge >= 0.3 is 0 Å². The van der Waals surface area contributed by atoms with Gasteiger partial charge < -0.3 is 19.5 Å². The van der Waals surface area contributed by atoms with Crippen molar-refractivity contribution in [1.29, 1.82) is 0 Å². The Hall–Kier alpha value is -0.820. The number of nitrogens with one attached hydrogen (secondary N) is 1. The van der Waals surface area contributed by atoms with E-state index in [1.54, 1.807) is 7.11 Å². The third-order valence-corrected chi connectivity index (χ3v) is 4.20. The van der Waals surface area contributed by atoms with Gasteiger partial charge in [0.15, 0.2) is 11.5 Å². The molecule has 6 heteroatoms. The smallest absolute Gasteiger partial charge is 0.174 e. The van der Waals surface area contributed by atoms with E-state index in [0.717, 1.165) is 61.9 Å². The summed E-state index contributed by atoms with van der Waals surface area (Å²) in [6, 6.07) is 4.11. The van der Waals surface area contributed by atoms with Crippen LogP contribution in [0.5, 0.6) is 11.5 Å². The van der Waals surface area contributed by atoms with Crippen molar-refractivity contribution in [2.75, 3.05) is 53.1 Å². The van der Waals surface area contributed by atoms with Crippen LogP contribution < -0.4 is 14.8 Å². The minimum Gasteiger partial charge on any atom is -0.492 e. The van der Waals surface area contributed by atoms with Crippen molar-refractivity contribution in [2.45, 2.75) is 13.5 Å². The Labute approximate surface area is 141 Å². The molecule has 1 N–H and O–H groups in total. The van der Waals surface area contributed by atoms with Gasteiger partial charge in [0.05, 0.1) is 31.4 Å². The predicted molar refractivity (Wildman–Crippen MR) is 90.8 cm³/mol. The molecule has 1 aliphatic heterocycles. The third-order valence-electron chi connectivity index (χ3n) is 3.61. The summed E-state index contributed by atoms with van der Waals surface area (Å²) in [5, 5.41) is 3.48. The number of rotatable bonds is 8. The first-order valence-corrected chi connectivity index (χ1v) is 8.54.